The molecule has 1 aromatic rings. The topological polar surface area (TPSA) is 61.4 Å². The van der Waals surface area contributed by atoms with Crippen molar-refractivity contribution in [3.63, 3.8) is 0 Å². The van der Waals surface area contributed by atoms with Gasteiger partial charge in [-0.3, -0.25) is 9.59 Å². The monoisotopic (exact) mass is 301 g/mol. The third-order valence-corrected chi connectivity index (χ3v) is 4.50. The second-order valence-corrected chi connectivity index (χ2v) is 6.24. The number of nitrogens with zero attached hydrogens (tertiary/aromatic N) is 1. The molecule has 118 valence electrons. The standard InChI is InChI=1S/C17H23N3O2/c1-20(15-7-9-18-10-8-15)17(22)13-3-2-4-14(11-13)19-16(21)12-5-6-12/h2-4,11-12,15,18H,5-10H2,1H3,(H,19,21). The SMILES string of the molecule is CN(C(=O)c1cccc(NC(=O)C2CC2)c1)C1CCNCC1. The van der Waals surface area contributed by atoms with Gasteiger partial charge in [0.05, 0.1) is 0 Å². The Morgan fingerprint density at radius 1 is 1.18 bits per heavy atom. The predicted octanol–water partition coefficient (Wildman–Crippen LogP) is 1.86. The summed E-state index contributed by atoms with van der Waals surface area (Å²) in [6.45, 7) is 1.92. The summed E-state index contributed by atoms with van der Waals surface area (Å²) in [6, 6.07) is 7.54. The molecular weight excluding hydrogens is 278 g/mol. The van der Waals surface area contributed by atoms with E-state index in [4.69, 9.17) is 0 Å². The van der Waals surface area contributed by atoms with E-state index in [2.05, 4.69) is 10.6 Å². The predicted molar refractivity (Wildman–Crippen MR) is 85.8 cm³/mol. The largest absolute Gasteiger partial charge is 0.339 e. The summed E-state index contributed by atoms with van der Waals surface area (Å²) in [7, 11) is 1.87. The van der Waals surface area contributed by atoms with Gasteiger partial charge >= 0.3 is 0 Å². The molecule has 2 amide bonds. The third kappa shape index (κ3) is 3.47. The summed E-state index contributed by atoms with van der Waals surface area (Å²) in [5, 5.41) is 6.21. The molecule has 5 heteroatoms. The average molecular weight is 301 g/mol. The van der Waals surface area contributed by atoms with Crippen LogP contribution in [-0.4, -0.2) is 42.9 Å². The second kappa shape index (κ2) is 6.48. The van der Waals surface area contributed by atoms with Gasteiger partial charge in [-0.1, -0.05) is 6.07 Å². The number of amides is 2. The fraction of sp³-hybridized carbons (Fsp3) is 0.529. The molecule has 0 bridgehead atoms. The maximum Gasteiger partial charge on any atom is 0.253 e. The van der Waals surface area contributed by atoms with Crippen molar-refractivity contribution in [2.75, 3.05) is 25.5 Å². The highest BCUT2D eigenvalue weighted by Gasteiger charge is 2.29. The van der Waals surface area contributed by atoms with Crippen molar-refractivity contribution in [1.29, 1.82) is 0 Å². The Bertz CT molecular complexity index is 563. The van der Waals surface area contributed by atoms with Crippen LogP contribution in [0.25, 0.3) is 0 Å². The van der Waals surface area contributed by atoms with Gasteiger partial charge in [-0.25, -0.2) is 0 Å². The molecule has 0 unspecified atom stereocenters. The Balaban J connectivity index is 1.67. The number of carbonyl (C=O) groups excluding carboxylic acids is 2. The van der Waals surface area contributed by atoms with E-state index in [0.29, 0.717) is 17.3 Å². The maximum absolute atomic E-state index is 12.6. The van der Waals surface area contributed by atoms with Crippen molar-refractivity contribution >= 4 is 17.5 Å². The normalized spacial score (nSPS) is 18.8. The highest BCUT2D eigenvalue weighted by molar-refractivity contribution is 5.98. The lowest BCUT2D eigenvalue weighted by molar-refractivity contribution is -0.117. The first kappa shape index (κ1) is 15.0. The fourth-order valence-electron chi connectivity index (χ4n) is 2.88. The van der Waals surface area contributed by atoms with Crippen LogP contribution in [0.3, 0.4) is 0 Å². The lowest BCUT2D eigenvalue weighted by Crippen LogP contribution is -2.43. The van der Waals surface area contributed by atoms with Gasteiger partial charge in [-0.05, 0) is 57.0 Å². The first-order chi connectivity index (χ1) is 10.6. The first-order valence-electron chi connectivity index (χ1n) is 8.04. The molecule has 1 aliphatic carbocycles. The zero-order chi connectivity index (χ0) is 15.5. The van der Waals surface area contributed by atoms with E-state index in [1.165, 1.54) is 0 Å². The number of benzene rings is 1. The van der Waals surface area contributed by atoms with Gasteiger partial charge in [0, 0.05) is 30.3 Å². The van der Waals surface area contributed by atoms with Crippen LogP contribution in [0.4, 0.5) is 5.69 Å². The molecule has 0 aromatic heterocycles. The molecule has 2 fully saturated rings. The quantitative estimate of drug-likeness (QED) is 0.892. The van der Waals surface area contributed by atoms with Crippen LogP contribution in [0.5, 0.6) is 0 Å². The van der Waals surface area contributed by atoms with Crippen LogP contribution in [0.15, 0.2) is 24.3 Å². The molecule has 0 radical (unpaired) electrons. The van der Waals surface area contributed by atoms with E-state index in [1.54, 1.807) is 6.07 Å². The van der Waals surface area contributed by atoms with Crippen molar-refractivity contribution < 1.29 is 9.59 Å². The number of piperidine rings is 1. The summed E-state index contributed by atoms with van der Waals surface area (Å²) >= 11 is 0. The van der Waals surface area contributed by atoms with Crippen LogP contribution in [-0.2, 0) is 4.79 Å². The first-order valence-corrected chi connectivity index (χ1v) is 8.04. The Kier molecular flexibility index (Phi) is 4.43. The number of carbonyl (C=O) groups is 2. The van der Waals surface area contributed by atoms with Crippen molar-refractivity contribution in [2.24, 2.45) is 5.92 Å². The maximum atomic E-state index is 12.6. The third-order valence-electron chi connectivity index (χ3n) is 4.50. The number of hydrogen-bond donors (Lipinski definition) is 2. The molecule has 1 aliphatic heterocycles. The summed E-state index contributed by atoms with van der Waals surface area (Å²) in [4.78, 5) is 26.3. The van der Waals surface area contributed by atoms with Crippen molar-refractivity contribution in [3.8, 4) is 0 Å². The molecular formula is C17H23N3O2. The molecule has 5 nitrogen and oxygen atoms in total. The summed E-state index contributed by atoms with van der Waals surface area (Å²) < 4.78 is 0. The van der Waals surface area contributed by atoms with Crippen LogP contribution in [0.1, 0.15) is 36.0 Å². The molecule has 0 spiro atoms. The molecule has 2 aliphatic rings. The lowest BCUT2D eigenvalue weighted by Gasteiger charge is -2.31. The Morgan fingerprint density at radius 2 is 1.91 bits per heavy atom. The van der Waals surface area contributed by atoms with Crippen molar-refractivity contribution in [1.82, 2.24) is 10.2 Å². The highest BCUT2D eigenvalue weighted by Crippen LogP contribution is 2.30. The van der Waals surface area contributed by atoms with Gasteiger partial charge in [-0.2, -0.15) is 0 Å². The van der Waals surface area contributed by atoms with E-state index >= 15 is 0 Å². The number of nitrogens with one attached hydrogen (secondary N) is 2. The number of anilines is 1. The van der Waals surface area contributed by atoms with Crippen LogP contribution >= 0.6 is 0 Å². The number of rotatable bonds is 4. The van der Waals surface area contributed by atoms with Crippen LogP contribution < -0.4 is 10.6 Å². The summed E-state index contributed by atoms with van der Waals surface area (Å²) in [5.41, 5.74) is 1.34. The van der Waals surface area contributed by atoms with Gasteiger partial charge in [0.1, 0.15) is 0 Å². The zero-order valence-electron chi connectivity index (χ0n) is 13.0. The average Bonchev–Trinajstić information content (AvgIpc) is 3.39. The summed E-state index contributed by atoms with van der Waals surface area (Å²) in [6.07, 6.45) is 3.92. The van der Waals surface area contributed by atoms with Gasteiger partial charge in [0.25, 0.3) is 5.91 Å². The molecule has 22 heavy (non-hydrogen) atoms. The molecule has 0 atom stereocenters. The minimum Gasteiger partial charge on any atom is -0.339 e. The van der Waals surface area contributed by atoms with Gasteiger partial charge in [0.2, 0.25) is 5.91 Å². The van der Waals surface area contributed by atoms with Gasteiger partial charge < -0.3 is 15.5 Å². The molecule has 2 N–H and O–H groups in total. The van der Waals surface area contributed by atoms with Gasteiger partial charge in [0.15, 0.2) is 0 Å². The van der Waals surface area contributed by atoms with E-state index in [0.717, 1.165) is 38.8 Å². The van der Waals surface area contributed by atoms with E-state index in [1.807, 2.05) is 30.1 Å². The Hall–Kier alpha value is -1.88. The van der Waals surface area contributed by atoms with E-state index in [-0.39, 0.29) is 17.7 Å². The van der Waals surface area contributed by atoms with Crippen LogP contribution in [0, 0.1) is 5.92 Å². The van der Waals surface area contributed by atoms with Crippen molar-refractivity contribution in [2.45, 2.75) is 31.7 Å². The number of hydrogen-bond acceptors (Lipinski definition) is 3. The highest BCUT2D eigenvalue weighted by atomic mass is 16.2. The molecule has 1 aromatic carbocycles. The lowest BCUT2D eigenvalue weighted by atomic mass is 10.0. The summed E-state index contributed by atoms with van der Waals surface area (Å²) in [5.74, 6) is 0.252. The van der Waals surface area contributed by atoms with Gasteiger partial charge in [-0.15, -0.1) is 0 Å². The minimum absolute atomic E-state index is 0.0226. The Morgan fingerprint density at radius 3 is 2.59 bits per heavy atom. The van der Waals surface area contributed by atoms with Crippen LogP contribution in [0.2, 0.25) is 0 Å². The Labute approximate surface area is 131 Å². The van der Waals surface area contributed by atoms with Crippen molar-refractivity contribution in [3.05, 3.63) is 29.8 Å². The second-order valence-electron chi connectivity index (χ2n) is 6.24. The smallest absolute Gasteiger partial charge is 0.253 e. The molecule has 1 heterocycles. The van der Waals surface area contributed by atoms with E-state index < -0.39 is 0 Å². The minimum atomic E-state index is 0.0226. The zero-order valence-corrected chi connectivity index (χ0v) is 13.0. The molecule has 1 saturated heterocycles. The molecule has 1 saturated carbocycles. The van der Waals surface area contributed by atoms with E-state index in [9.17, 15) is 9.59 Å². The fourth-order valence-corrected chi connectivity index (χ4v) is 2.88. The molecule has 3 rings (SSSR count).